The summed E-state index contributed by atoms with van der Waals surface area (Å²) in [6.45, 7) is 0. The molecule has 0 saturated carbocycles. The number of carbonyl (C=O) groups excluding carboxylic acids is 2. The summed E-state index contributed by atoms with van der Waals surface area (Å²) in [7, 11) is 3.28. The van der Waals surface area contributed by atoms with E-state index in [1.807, 2.05) is 0 Å². The third-order valence-electron chi connectivity index (χ3n) is 3.67. The topological polar surface area (TPSA) is 93.0 Å². The molecule has 1 heterocycles. The van der Waals surface area contributed by atoms with Crippen LogP contribution < -0.4 is 5.32 Å². The fraction of sp³-hybridized carbons (Fsp3) is 0.118. The van der Waals surface area contributed by atoms with Crippen molar-refractivity contribution in [2.24, 2.45) is 0 Å². The molecule has 0 atom stereocenters. The molecule has 3 rings (SSSR count). The Bertz CT molecular complexity index is 1000. The molecule has 0 aliphatic rings. The molecule has 10 heteroatoms. The number of nitrogens with zero attached hydrogens (tertiary/aromatic N) is 5. The first-order valence-corrected chi connectivity index (χ1v) is 8.48. The number of aromatic nitrogens is 4. The minimum atomic E-state index is -0.473. The first kappa shape index (κ1) is 18.8. The van der Waals surface area contributed by atoms with Gasteiger partial charge in [-0.3, -0.25) is 9.59 Å². The van der Waals surface area contributed by atoms with E-state index in [9.17, 15) is 9.59 Å². The number of benzene rings is 2. The van der Waals surface area contributed by atoms with Crippen molar-refractivity contribution < 1.29 is 9.59 Å². The van der Waals surface area contributed by atoms with E-state index in [0.717, 1.165) is 0 Å². The summed E-state index contributed by atoms with van der Waals surface area (Å²) >= 11 is 12.2. The Labute approximate surface area is 164 Å². The first-order chi connectivity index (χ1) is 12.9. The fourth-order valence-electron chi connectivity index (χ4n) is 2.36. The van der Waals surface area contributed by atoms with E-state index in [0.29, 0.717) is 27.0 Å². The van der Waals surface area contributed by atoms with Crippen molar-refractivity contribution in [3.05, 3.63) is 63.9 Å². The zero-order chi connectivity index (χ0) is 19.6. The minimum Gasteiger partial charge on any atom is -0.345 e. The van der Waals surface area contributed by atoms with Gasteiger partial charge in [-0.2, -0.15) is 4.68 Å². The van der Waals surface area contributed by atoms with Crippen molar-refractivity contribution in [2.75, 3.05) is 19.4 Å². The highest BCUT2D eigenvalue weighted by atomic mass is 35.5. The third kappa shape index (κ3) is 4.07. The lowest BCUT2D eigenvalue weighted by Crippen LogP contribution is -2.22. The van der Waals surface area contributed by atoms with Crippen molar-refractivity contribution in [3.8, 4) is 5.69 Å². The van der Waals surface area contributed by atoms with Gasteiger partial charge in [0.2, 0.25) is 0 Å². The number of tetrazole rings is 1. The molecule has 0 aliphatic carbocycles. The quantitative estimate of drug-likeness (QED) is 0.721. The van der Waals surface area contributed by atoms with Gasteiger partial charge >= 0.3 is 0 Å². The molecular formula is C17H14Cl2N6O2. The second kappa shape index (κ2) is 7.73. The van der Waals surface area contributed by atoms with Crippen LogP contribution in [0.5, 0.6) is 0 Å². The van der Waals surface area contributed by atoms with Crippen LogP contribution in [0.2, 0.25) is 10.0 Å². The Morgan fingerprint density at radius 2 is 1.89 bits per heavy atom. The summed E-state index contributed by atoms with van der Waals surface area (Å²) < 4.78 is 1.35. The highest BCUT2D eigenvalue weighted by Gasteiger charge is 2.17. The average Bonchev–Trinajstić information content (AvgIpc) is 3.17. The molecule has 0 saturated heterocycles. The maximum absolute atomic E-state index is 12.8. The van der Waals surface area contributed by atoms with Gasteiger partial charge in [-0.15, -0.1) is 5.10 Å². The van der Waals surface area contributed by atoms with Crippen molar-refractivity contribution in [1.29, 1.82) is 0 Å². The van der Waals surface area contributed by atoms with Gasteiger partial charge in [0.15, 0.2) is 0 Å². The molecule has 0 radical (unpaired) electrons. The number of amides is 2. The Kier molecular flexibility index (Phi) is 5.38. The number of rotatable bonds is 4. The zero-order valence-electron chi connectivity index (χ0n) is 14.3. The normalized spacial score (nSPS) is 10.5. The van der Waals surface area contributed by atoms with E-state index < -0.39 is 5.91 Å². The van der Waals surface area contributed by atoms with E-state index in [1.165, 1.54) is 28.0 Å². The van der Waals surface area contributed by atoms with Crippen LogP contribution in [-0.4, -0.2) is 51.0 Å². The lowest BCUT2D eigenvalue weighted by Gasteiger charge is -2.14. The molecule has 138 valence electrons. The van der Waals surface area contributed by atoms with Crippen LogP contribution in [0.25, 0.3) is 5.69 Å². The van der Waals surface area contributed by atoms with Crippen LogP contribution in [0.15, 0.2) is 42.7 Å². The number of halogens is 2. The molecule has 2 amide bonds. The molecular weight excluding hydrogens is 391 g/mol. The number of hydrogen-bond acceptors (Lipinski definition) is 5. The summed E-state index contributed by atoms with van der Waals surface area (Å²) in [5, 5.41) is 14.3. The fourth-order valence-corrected chi connectivity index (χ4v) is 2.70. The number of anilines is 1. The summed E-state index contributed by atoms with van der Waals surface area (Å²) in [6.07, 6.45) is 1.36. The van der Waals surface area contributed by atoms with Gasteiger partial charge < -0.3 is 10.2 Å². The van der Waals surface area contributed by atoms with Crippen molar-refractivity contribution in [1.82, 2.24) is 25.1 Å². The van der Waals surface area contributed by atoms with Crippen LogP contribution in [0, 0.1) is 0 Å². The average molecular weight is 405 g/mol. The van der Waals surface area contributed by atoms with Crippen LogP contribution in [-0.2, 0) is 0 Å². The first-order valence-electron chi connectivity index (χ1n) is 7.72. The second-order valence-electron chi connectivity index (χ2n) is 5.76. The molecule has 8 nitrogen and oxygen atoms in total. The van der Waals surface area contributed by atoms with Crippen LogP contribution in [0.1, 0.15) is 20.7 Å². The Hall–Kier alpha value is -2.97. The number of hydrogen-bond donors (Lipinski definition) is 1. The Morgan fingerprint density at radius 3 is 2.56 bits per heavy atom. The van der Waals surface area contributed by atoms with Gasteiger partial charge in [0.25, 0.3) is 11.8 Å². The van der Waals surface area contributed by atoms with Gasteiger partial charge in [0, 0.05) is 24.7 Å². The standard InChI is InChI=1S/C17H14Cl2N6O2/c1-24(2)17(27)10-3-5-13(19)14(7-10)21-16(26)12-8-11(18)4-6-15(12)25-9-20-22-23-25/h3-9H,1-2H3,(H,21,26). The molecule has 1 aromatic heterocycles. The smallest absolute Gasteiger partial charge is 0.257 e. The van der Waals surface area contributed by atoms with Crippen LogP contribution in [0.4, 0.5) is 5.69 Å². The Morgan fingerprint density at radius 1 is 1.11 bits per heavy atom. The summed E-state index contributed by atoms with van der Waals surface area (Å²) in [5.74, 6) is -0.682. The Balaban J connectivity index is 1.96. The van der Waals surface area contributed by atoms with Gasteiger partial charge in [-0.05, 0) is 46.8 Å². The largest absolute Gasteiger partial charge is 0.345 e. The summed E-state index contributed by atoms with van der Waals surface area (Å²) in [4.78, 5) is 26.4. The van der Waals surface area contributed by atoms with Crippen molar-refractivity contribution in [3.63, 3.8) is 0 Å². The summed E-state index contributed by atoms with van der Waals surface area (Å²) in [5.41, 5.74) is 1.39. The molecule has 0 bridgehead atoms. The van der Waals surface area contributed by atoms with Gasteiger partial charge in [0.1, 0.15) is 6.33 Å². The highest BCUT2D eigenvalue weighted by molar-refractivity contribution is 6.34. The predicted molar refractivity (Wildman–Crippen MR) is 102 cm³/mol. The van der Waals surface area contributed by atoms with Crippen LogP contribution in [0.3, 0.4) is 0 Å². The third-order valence-corrected chi connectivity index (χ3v) is 4.23. The maximum Gasteiger partial charge on any atom is 0.257 e. The predicted octanol–water partition coefficient (Wildman–Crippen LogP) is 2.92. The van der Waals surface area contributed by atoms with Gasteiger partial charge in [-0.1, -0.05) is 23.2 Å². The molecule has 0 spiro atoms. The van der Waals surface area contributed by atoms with Gasteiger partial charge in [0.05, 0.1) is 22.0 Å². The molecule has 0 fully saturated rings. The number of nitrogens with one attached hydrogen (secondary N) is 1. The molecule has 27 heavy (non-hydrogen) atoms. The lowest BCUT2D eigenvalue weighted by molar-refractivity contribution is 0.0827. The zero-order valence-corrected chi connectivity index (χ0v) is 15.9. The molecule has 3 aromatic rings. The van der Waals surface area contributed by atoms with Crippen molar-refractivity contribution in [2.45, 2.75) is 0 Å². The van der Waals surface area contributed by atoms with Gasteiger partial charge in [-0.25, -0.2) is 0 Å². The van der Waals surface area contributed by atoms with Crippen LogP contribution >= 0.6 is 23.2 Å². The molecule has 1 N–H and O–H groups in total. The number of carbonyl (C=O) groups is 2. The molecule has 0 aliphatic heterocycles. The van der Waals surface area contributed by atoms with E-state index >= 15 is 0 Å². The monoisotopic (exact) mass is 404 g/mol. The summed E-state index contributed by atoms with van der Waals surface area (Å²) in [6, 6.07) is 9.40. The maximum atomic E-state index is 12.8. The van der Waals surface area contributed by atoms with E-state index in [-0.39, 0.29) is 11.5 Å². The van der Waals surface area contributed by atoms with E-state index in [4.69, 9.17) is 23.2 Å². The molecule has 2 aromatic carbocycles. The SMILES string of the molecule is CN(C)C(=O)c1ccc(Cl)c(NC(=O)c2cc(Cl)ccc2-n2cnnn2)c1. The van der Waals surface area contributed by atoms with E-state index in [2.05, 4.69) is 20.8 Å². The lowest BCUT2D eigenvalue weighted by atomic mass is 10.1. The van der Waals surface area contributed by atoms with Crippen molar-refractivity contribution >= 4 is 40.7 Å². The highest BCUT2D eigenvalue weighted by Crippen LogP contribution is 2.26. The molecule has 0 unspecified atom stereocenters. The van der Waals surface area contributed by atoms with E-state index in [1.54, 1.807) is 38.4 Å². The second-order valence-corrected chi connectivity index (χ2v) is 6.61. The minimum absolute atomic E-state index is 0.209.